The molecule has 2 unspecified atom stereocenters. The maximum atomic E-state index is 13.5. The monoisotopic (exact) mass is 517 g/mol. The van der Waals surface area contributed by atoms with Gasteiger partial charge in [0, 0.05) is 28.9 Å². The number of anilines is 1. The molecule has 2 N–H and O–H groups in total. The average Bonchev–Trinajstić information content (AvgIpc) is 2.91. The van der Waals surface area contributed by atoms with Gasteiger partial charge in [0.15, 0.2) is 22.4 Å². The molecular formula is C29H31N3O4S. The van der Waals surface area contributed by atoms with Crippen LogP contribution in [0.4, 0.5) is 5.82 Å². The number of aromatic amines is 1. The number of ether oxygens (including phenoxy) is 2. The lowest BCUT2D eigenvalue weighted by molar-refractivity contribution is -0.116. The predicted molar refractivity (Wildman–Crippen MR) is 146 cm³/mol. The summed E-state index contributed by atoms with van der Waals surface area (Å²) in [6.45, 7) is 4.61. The SMILES string of the molecule is CCC(C)Sc1nc2c(c(=O)[nH]1)C(c1ccc(OCc3ccccc3)c(OC)c1)C1=C(CCCC1=O)N2. The number of carbonyl (C=O) groups excluding carboxylic acids is 1. The highest BCUT2D eigenvalue weighted by atomic mass is 32.2. The summed E-state index contributed by atoms with van der Waals surface area (Å²) in [5.74, 6) is 1.20. The first-order valence-corrected chi connectivity index (χ1v) is 13.5. The summed E-state index contributed by atoms with van der Waals surface area (Å²) in [5.41, 5.74) is 3.57. The first kappa shape index (κ1) is 25.1. The van der Waals surface area contributed by atoms with Crippen LogP contribution in [0.1, 0.15) is 62.1 Å². The number of hydrogen-bond acceptors (Lipinski definition) is 7. The lowest BCUT2D eigenvalue weighted by Gasteiger charge is -2.33. The molecule has 0 spiro atoms. The first-order chi connectivity index (χ1) is 18.0. The van der Waals surface area contributed by atoms with Crippen LogP contribution >= 0.6 is 11.8 Å². The molecule has 2 heterocycles. The van der Waals surface area contributed by atoms with Crippen molar-refractivity contribution in [3.05, 3.63) is 86.8 Å². The highest BCUT2D eigenvalue weighted by molar-refractivity contribution is 7.99. The van der Waals surface area contributed by atoms with Crippen LogP contribution in [0.15, 0.2) is 69.8 Å². The Morgan fingerprint density at radius 3 is 2.68 bits per heavy atom. The molecule has 0 bridgehead atoms. The maximum absolute atomic E-state index is 13.5. The van der Waals surface area contributed by atoms with Gasteiger partial charge in [-0.3, -0.25) is 9.59 Å². The number of nitrogens with zero attached hydrogens (tertiary/aromatic N) is 1. The second-order valence-corrected chi connectivity index (χ2v) is 10.8. The molecule has 1 aromatic heterocycles. The fourth-order valence-corrected chi connectivity index (χ4v) is 5.67. The number of nitrogens with one attached hydrogen (secondary N) is 2. The van der Waals surface area contributed by atoms with E-state index in [0.29, 0.717) is 51.9 Å². The van der Waals surface area contributed by atoms with Crippen LogP contribution in [0.2, 0.25) is 0 Å². The number of rotatable bonds is 8. The molecular weight excluding hydrogens is 486 g/mol. The van der Waals surface area contributed by atoms with E-state index in [1.807, 2.05) is 48.5 Å². The number of hydrogen-bond donors (Lipinski definition) is 2. The zero-order valence-corrected chi connectivity index (χ0v) is 22.1. The molecule has 0 saturated carbocycles. The van der Waals surface area contributed by atoms with Crippen molar-refractivity contribution in [1.29, 1.82) is 0 Å². The molecule has 2 aromatic carbocycles. The highest BCUT2D eigenvalue weighted by Crippen LogP contribution is 2.45. The zero-order valence-electron chi connectivity index (χ0n) is 21.3. The number of allylic oxidation sites excluding steroid dienone is 2. The van der Waals surface area contributed by atoms with Gasteiger partial charge in [-0.2, -0.15) is 0 Å². The smallest absolute Gasteiger partial charge is 0.257 e. The van der Waals surface area contributed by atoms with E-state index in [1.165, 1.54) is 0 Å². The molecule has 0 radical (unpaired) electrons. The largest absolute Gasteiger partial charge is 0.493 e. The molecule has 2 aliphatic rings. The summed E-state index contributed by atoms with van der Waals surface area (Å²) in [6, 6.07) is 15.5. The van der Waals surface area contributed by atoms with Crippen LogP contribution < -0.4 is 20.3 Å². The molecule has 7 nitrogen and oxygen atoms in total. The van der Waals surface area contributed by atoms with Gasteiger partial charge in [0.1, 0.15) is 12.4 Å². The number of fused-ring (bicyclic) bond motifs is 1. The van der Waals surface area contributed by atoms with E-state index in [2.05, 4.69) is 24.1 Å². The van der Waals surface area contributed by atoms with Gasteiger partial charge in [0.05, 0.1) is 12.7 Å². The first-order valence-electron chi connectivity index (χ1n) is 12.7. The Bertz CT molecular complexity index is 1400. The van der Waals surface area contributed by atoms with Crippen molar-refractivity contribution in [3.63, 3.8) is 0 Å². The van der Waals surface area contributed by atoms with Gasteiger partial charge in [0.2, 0.25) is 0 Å². The normalized spacial score (nSPS) is 17.5. The number of carbonyl (C=O) groups is 1. The molecule has 192 valence electrons. The van der Waals surface area contributed by atoms with Crippen LogP contribution in [-0.4, -0.2) is 28.1 Å². The van der Waals surface area contributed by atoms with Crippen LogP contribution in [0.25, 0.3) is 0 Å². The molecule has 8 heteroatoms. The van der Waals surface area contributed by atoms with E-state index >= 15 is 0 Å². The minimum absolute atomic E-state index is 0.0604. The summed E-state index contributed by atoms with van der Waals surface area (Å²) >= 11 is 1.54. The Morgan fingerprint density at radius 2 is 1.92 bits per heavy atom. The summed E-state index contributed by atoms with van der Waals surface area (Å²) in [4.78, 5) is 34.4. The Hall–Kier alpha value is -3.52. The Kier molecular flexibility index (Phi) is 7.37. The van der Waals surface area contributed by atoms with Crippen LogP contribution in [0.5, 0.6) is 11.5 Å². The molecule has 37 heavy (non-hydrogen) atoms. The molecule has 0 amide bonds. The topological polar surface area (TPSA) is 93.3 Å². The summed E-state index contributed by atoms with van der Waals surface area (Å²) in [6.07, 6.45) is 2.95. The Morgan fingerprint density at radius 1 is 1.11 bits per heavy atom. The molecule has 0 saturated heterocycles. The van der Waals surface area contributed by atoms with Crippen LogP contribution in [0.3, 0.4) is 0 Å². The van der Waals surface area contributed by atoms with Gasteiger partial charge in [-0.05, 0) is 42.5 Å². The molecule has 1 aliphatic carbocycles. The predicted octanol–water partition coefficient (Wildman–Crippen LogP) is 5.81. The number of ketones is 1. The fraction of sp³-hybridized carbons (Fsp3) is 0.345. The van der Waals surface area contributed by atoms with Crippen molar-refractivity contribution in [2.45, 2.75) is 62.5 Å². The lowest BCUT2D eigenvalue weighted by Crippen LogP contribution is -2.32. The van der Waals surface area contributed by atoms with Gasteiger partial charge in [0.25, 0.3) is 5.56 Å². The zero-order chi connectivity index (χ0) is 25.9. The van der Waals surface area contributed by atoms with Gasteiger partial charge >= 0.3 is 0 Å². The molecule has 1 aliphatic heterocycles. The van der Waals surface area contributed by atoms with Crippen molar-refractivity contribution >= 4 is 23.4 Å². The maximum Gasteiger partial charge on any atom is 0.257 e. The number of methoxy groups -OCH3 is 1. The number of benzene rings is 2. The van der Waals surface area contributed by atoms with Crippen molar-refractivity contribution < 1.29 is 14.3 Å². The van der Waals surface area contributed by atoms with Gasteiger partial charge in [-0.15, -0.1) is 0 Å². The van der Waals surface area contributed by atoms with E-state index in [0.717, 1.165) is 36.1 Å². The van der Waals surface area contributed by atoms with Crippen molar-refractivity contribution in [1.82, 2.24) is 9.97 Å². The van der Waals surface area contributed by atoms with E-state index in [1.54, 1.807) is 18.9 Å². The summed E-state index contributed by atoms with van der Waals surface area (Å²) in [7, 11) is 1.59. The van der Waals surface area contributed by atoms with Gasteiger partial charge in [-0.1, -0.05) is 62.0 Å². The third kappa shape index (κ3) is 5.16. The van der Waals surface area contributed by atoms with Gasteiger partial charge < -0.3 is 19.8 Å². The van der Waals surface area contributed by atoms with E-state index in [4.69, 9.17) is 14.5 Å². The lowest BCUT2D eigenvalue weighted by atomic mass is 9.76. The average molecular weight is 518 g/mol. The molecule has 0 fully saturated rings. The summed E-state index contributed by atoms with van der Waals surface area (Å²) in [5, 5.41) is 4.24. The van der Waals surface area contributed by atoms with Crippen molar-refractivity contribution in [2.75, 3.05) is 12.4 Å². The summed E-state index contributed by atoms with van der Waals surface area (Å²) < 4.78 is 11.7. The number of aromatic nitrogens is 2. The third-order valence-electron chi connectivity index (χ3n) is 6.88. The fourth-order valence-electron chi connectivity index (χ4n) is 4.82. The standard InChI is InChI=1S/C29H31N3O4S/c1-4-17(2)37-29-31-27-26(28(34)32-29)24(25-20(30-27)11-8-12-21(25)33)19-13-14-22(23(15-19)35-3)36-16-18-9-6-5-7-10-18/h5-7,9-10,13-15,17,24H,4,8,11-12,16H2,1-3H3,(H2,30,31,32,34). The molecule has 2 atom stereocenters. The number of H-pyrrole nitrogens is 1. The van der Waals surface area contributed by atoms with Crippen LogP contribution in [-0.2, 0) is 11.4 Å². The van der Waals surface area contributed by atoms with Crippen molar-refractivity contribution in [2.24, 2.45) is 0 Å². The Labute approximate surface area is 220 Å². The van der Waals surface area contributed by atoms with Crippen LogP contribution in [0, 0.1) is 0 Å². The minimum Gasteiger partial charge on any atom is -0.493 e. The highest BCUT2D eigenvalue weighted by Gasteiger charge is 2.38. The minimum atomic E-state index is -0.532. The van der Waals surface area contributed by atoms with E-state index < -0.39 is 5.92 Å². The van der Waals surface area contributed by atoms with Crippen molar-refractivity contribution in [3.8, 4) is 11.5 Å². The quantitative estimate of drug-likeness (QED) is 0.288. The van der Waals surface area contributed by atoms with E-state index in [-0.39, 0.29) is 11.3 Å². The van der Waals surface area contributed by atoms with Gasteiger partial charge in [-0.25, -0.2) is 4.98 Å². The molecule has 5 rings (SSSR count). The molecule has 3 aromatic rings. The second-order valence-electron chi connectivity index (χ2n) is 9.38. The number of thioether (sulfide) groups is 1. The number of Topliss-reactive ketones (excluding diaryl/α,β-unsaturated/α-hetero) is 1. The Balaban J connectivity index is 1.56. The third-order valence-corrected chi connectivity index (χ3v) is 8.03. The van der Waals surface area contributed by atoms with E-state index in [9.17, 15) is 9.59 Å². The second kappa shape index (κ2) is 10.8.